The molecule has 0 unspecified atom stereocenters. The van der Waals surface area contributed by atoms with Gasteiger partial charge in [-0.05, 0) is 18.2 Å². The Hall–Kier alpha value is -2.60. The molecule has 0 radical (unpaired) electrons. The molecule has 1 amide bonds. The second-order valence-corrected chi connectivity index (χ2v) is 4.67. The highest BCUT2D eigenvalue weighted by atomic mass is 16.6. The molecule has 0 saturated carbocycles. The van der Waals surface area contributed by atoms with Gasteiger partial charge >= 0.3 is 5.97 Å². The van der Waals surface area contributed by atoms with Gasteiger partial charge in [0.1, 0.15) is 19.0 Å². The number of amides is 1. The molecule has 0 atom stereocenters. The summed E-state index contributed by atoms with van der Waals surface area (Å²) in [5.74, 6) is 0.340. The lowest BCUT2D eigenvalue weighted by molar-refractivity contribution is -0.138. The molecule has 6 nitrogen and oxygen atoms in total. The largest absolute Gasteiger partial charge is 0.490 e. The molecule has 1 aromatic rings. The van der Waals surface area contributed by atoms with Crippen molar-refractivity contribution in [2.45, 2.75) is 0 Å². The SMILES string of the molecule is C=CC(=O)N1CCOCC1.C=CC(=O)OCCOc1ccccc1. The van der Waals surface area contributed by atoms with Crippen molar-refractivity contribution < 1.29 is 23.8 Å². The van der Waals surface area contributed by atoms with Crippen molar-refractivity contribution in [2.75, 3.05) is 39.5 Å². The van der Waals surface area contributed by atoms with E-state index in [1.807, 2.05) is 30.3 Å². The molecule has 1 saturated heterocycles. The van der Waals surface area contributed by atoms with Crippen molar-refractivity contribution in [3.05, 3.63) is 55.6 Å². The van der Waals surface area contributed by atoms with Crippen LogP contribution in [0.15, 0.2) is 55.6 Å². The molecule has 1 fully saturated rings. The summed E-state index contributed by atoms with van der Waals surface area (Å²) in [7, 11) is 0. The number of hydrogen-bond donors (Lipinski definition) is 0. The molecular formula is C18H23NO5. The maximum Gasteiger partial charge on any atom is 0.330 e. The van der Waals surface area contributed by atoms with Crippen LogP contribution in [0.2, 0.25) is 0 Å². The van der Waals surface area contributed by atoms with Crippen LogP contribution in [0.1, 0.15) is 0 Å². The van der Waals surface area contributed by atoms with Crippen LogP contribution < -0.4 is 4.74 Å². The van der Waals surface area contributed by atoms with E-state index in [1.165, 1.54) is 6.08 Å². The highest BCUT2D eigenvalue weighted by molar-refractivity contribution is 5.87. The summed E-state index contributed by atoms with van der Waals surface area (Å²) in [6, 6.07) is 9.35. The van der Waals surface area contributed by atoms with Crippen LogP contribution in [0.4, 0.5) is 0 Å². The Morgan fingerprint density at radius 2 is 1.75 bits per heavy atom. The molecule has 2 rings (SSSR count). The maximum atomic E-state index is 10.9. The number of carbonyl (C=O) groups is 2. The molecule has 1 aliphatic heterocycles. The highest BCUT2D eigenvalue weighted by Crippen LogP contribution is 2.07. The second-order valence-electron chi connectivity index (χ2n) is 4.67. The van der Waals surface area contributed by atoms with E-state index in [4.69, 9.17) is 14.2 Å². The number of rotatable bonds is 6. The predicted molar refractivity (Wildman–Crippen MR) is 90.7 cm³/mol. The summed E-state index contributed by atoms with van der Waals surface area (Å²) in [6.07, 6.45) is 2.47. The van der Waals surface area contributed by atoms with Crippen LogP contribution in [0, 0.1) is 0 Å². The summed E-state index contributed by atoms with van der Waals surface area (Å²) < 4.78 is 15.1. The van der Waals surface area contributed by atoms with Gasteiger partial charge in [0.25, 0.3) is 0 Å². The lowest BCUT2D eigenvalue weighted by Crippen LogP contribution is -2.39. The molecule has 0 bridgehead atoms. The minimum absolute atomic E-state index is 0.00306. The smallest absolute Gasteiger partial charge is 0.330 e. The number of esters is 1. The summed E-state index contributed by atoms with van der Waals surface area (Å²) in [5, 5.41) is 0. The zero-order chi connectivity index (χ0) is 17.6. The van der Waals surface area contributed by atoms with Gasteiger partial charge in [0, 0.05) is 19.2 Å². The summed E-state index contributed by atoms with van der Waals surface area (Å²) in [6.45, 7) is 9.98. The zero-order valence-electron chi connectivity index (χ0n) is 13.7. The Morgan fingerprint density at radius 3 is 2.33 bits per heavy atom. The quantitative estimate of drug-likeness (QED) is 0.451. The Bertz CT molecular complexity index is 523. The Balaban J connectivity index is 0.000000254. The predicted octanol–water partition coefficient (Wildman–Crippen LogP) is 1.83. The van der Waals surface area contributed by atoms with Gasteiger partial charge in [-0.3, -0.25) is 4.79 Å². The van der Waals surface area contributed by atoms with Crippen LogP contribution in [0.3, 0.4) is 0 Å². The number of para-hydroxylation sites is 1. The highest BCUT2D eigenvalue weighted by Gasteiger charge is 2.12. The van der Waals surface area contributed by atoms with Crippen LogP contribution in [0.5, 0.6) is 5.75 Å². The Morgan fingerprint density at radius 1 is 1.08 bits per heavy atom. The fraction of sp³-hybridized carbons (Fsp3) is 0.333. The molecule has 6 heteroatoms. The first kappa shape index (κ1) is 19.4. The average molecular weight is 333 g/mol. The van der Waals surface area contributed by atoms with Crippen LogP contribution in [0.25, 0.3) is 0 Å². The van der Waals surface area contributed by atoms with Gasteiger partial charge in [-0.2, -0.15) is 0 Å². The lowest BCUT2D eigenvalue weighted by atomic mass is 10.3. The fourth-order valence-electron chi connectivity index (χ4n) is 1.79. The minimum Gasteiger partial charge on any atom is -0.490 e. The number of morpholine rings is 1. The number of benzene rings is 1. The second kappa shape index (κ2) is 11.9. The van der Waals surface area contributed by atoms with Crippen molar-refractivity contribution in [2.24, 2.45) is 0 Å². The van der Waals surface area contributed by atoms with Gasteiger partial charge in [0.15, 0.2) is 0 Å². The molecular weight excluding hydrogens is 310 g/mol. The fourth-order valence-corrected chi connectivity index (χ4v) is 1.79. The number of hydrogen-bond acceptors (Lipinski definition) is 5. The van der Waals surface area contributed by atoms with E-state index in [1.54, 1.807) is 4.90 Å². The molecule has 130 valence electrons. The van der Waals surface area contributed by atoms with Gasteiger partial charge in [0.05, 0.1) is 13.2 Å². The van der Waals surface area contributed by atoms with E-state index in [9.17, 15) is 9.59 Å². The monoisotopic (exact) mass is 333 g/mol. The summed E-state index contributed by atoms with van der Waals surface area (Å²) in [4.78, 5) is 23.3. The first-order chi connectivity index (χ1) is 11.7. The average Bonchev–Trinajstić information content (AvgIpc) is 2.66. The molecule has 24 heavy (non-hydrogen) atoms. The number of nitrogens with zero attached hydrogens (tertiary/aromatic N) is 1. The number of ether oxygens (including phenoxy) is 3. The molecule has 1 aliphatic rings. The summed E-state index contributed by atoms with van der Waals surface area (Å²) in [5.41, 5.74) is 0. The minimum atomic E-state index is -0.429. The van der Waals surface area contributed by atoms with Crippen molar-refractivity contribution in [3.8, 4) is 5.75 Å². The van der Waals surface area contributed by atoms with Gasteiger partial charge in [0.2, 0.25) is 5.91 Å². The van der Waals surface area contributed by atoms with Crippen LogP contribution in [-0.2, 0) is 19.1 Å². The maximum absolute atomic E-state index is 10.9. The van der Waals surface area contributed by atoms with E-state index in [0.717, 1.165) is 11.8 Å². The Kier molecular flexibility index (Phi) is 9.64. The topological polar surface area (TPSA) is 65.1 Å². The first-order valence-electron chi connectivity index (χ1n) is 7.63. The molecule has 1 heterocycles. The number of carbonyl (C=O) groups excluding carboxylic acids is 2. The van der Waals surface area contributed by atoms with Crippen molar-refractivity contribution in [1.82, 2.24) is 4.90 Å². The van der Waals surface area contributed by atoms with E-state index >= 15 is 0 Å². The van der Waals surface area contributed by atoms with Crippen molar-refractivity contribution >= 4 is 11.9 Å². The molecule has 0 aromatic heterocycles. The van der Waals surface area contributed by atoms with Gasteiger partial charge in [-0.1, -0.05) is 31.4 Å². The Labute approximate surface area is 142 Å². The standard InChI is InChI=1S/C11H12O3.C7H11NO2/c1-2-11(12)14-9-8-13-10-6-4-3-5-7-10;1-2-7(9)8-3-5-10-6-4-8/h2-7H,1,8-9H2;2H,1,3-6H2. The molecule has 0 spiro atoms. The van der Waals surface area contributed by atoms with Gasteiger partial charge in [-0.15, -0.1) is 0 Å². The third-order valence-corrected chi connectivity index (χ3v) is 3.00. The molecule has 0 N–H and O–H groups in total. The van der Waals surface area contributed by atoms with Crippen molar-refractivity contribution in [1.29, 1.82) is 0 Å². The molecule has 1 aromatic carbocycles. The van der Waals surface area contributed by atoms with E-state index < -0.39 is 5.97 Å². The normalized spacial score (nSPS) is 13.1. The zero-order valence-corrected chi connectivity index (χ0v) is 13.7. The van der Waals surface area contributed by atoms with E-state index in [2.05, 4.69) is 13.2 Å². The van der Waals surface area contributed by atoms with Crippen molar-refractivity contribution in [3.63, 3.8) is 0 Å². The first-order valence-corrected chi connectivity index (χ1v) is 7.63. The molecule has 0 aliphatic carbocycles. The van der Waals surface area contributed by atoms with Gasteiger partial charge in [-0.25, -0.2) is 4.79 Å². The lowest BCUT2D eigenvalue weighted by Gasteiger charge is -2.25. The van der Waals surface area contributed by atoms with Crippen LogP contribution >= 0.6 is 0 Å². The van der Waals surface area contributed by atoms with E-state index in [0.29, 0.717) is 32.9 Å². The van der Waals surface area contributed by atoms with Gasteiger partial charge < -0.3 is 19.1 Å². The van der Waals surface area contributed by atoms with Crippen LogP contribution in [-0.4, -0.2) is 56.3 Å². The summed E-state index contributed by atoms with van der Waals surface area (Å²) >= 11 is 0. The van der Waals surface area contributed by atoms with E-state index in [-0.39, 0.29) is 12.5 Å². The third kappa shape index (κ3) is 8.14. The third-order valence-electron chi connectivity index (χ3n) is 3.00.